The second-order valence-electron chi connectivity index (χ2n) is 4.40. The van der Waals surface area contributed by atoms with Gasteiger partial charge in [-0.3, -0.25) is 4.68 Å². The summed E-state index contributed by atoms with van der Waals surface area (Å²) in [5.74, 6) is 1.39. The Kier molecular flexibility index (Phi) is 4.06. The first-order valence-corrected chi connectivity index (χ1v) is 6.11. The number of rotatable bonds is 5. The summed E-state index contributed by atoms with van der Waals surface area (Å²) in [5, 5.41) is 4.33. The normalized spacial score (nSPS) is 12.2. The molecule has 2 aromatic rings. The Labute approximate surface area is 112 Å². The third-order valence-electron chi connectivity index (χ3n) is 2.99. The molecule has 1 atom stereocenters. The monoisotopic (exact) mass is 261 g/mol. The second-order valence-corrected chi connectivity index (χ2v) is 4.40. The van der Waals surface area contributed by atoms with Crippen LogP contribution in [0, 0.1) is 6.92 Å². The number of methoxy groups -OCH3 is 2. The fraction of sp³-hybridized carbons (Fsp3) is 0.357. The van der Waals surface area contributed by atoms with E-state index in [1.165, 1.54) is 0 Å². The van der Waals surface area contributed by atoms with Crippen molar-refractivity contribution in [2.45, 2.75) is 19.5 Å². The third-order valence-corrected chi connectivity index (χ3v) is 2.99. The molecule has 1 aromatic heterocycles. The SMILES string of the molecule is COc1ccc(C(N)Cn2ccc(C)n2)cc1OC. The quantitative estimate of drug-likeness (QED) is 0.893. The summed E-state index contributed by atoms with van der Waals surface area (Å²) in [7, 11) is 3.23. The number of benzene rings is 1. The maximum absolute atomic E-state index is 6.19. The predicted octanol–water partition coefficient (Wildman–Crippen LogP) is 1.91. The molecule has 5 heteroatoms. The molecule has 0 radical (unpaired) electrons. The molecule has 1 heterocycles. The first-order valence-electron chi connectivity index (χ1n) is 6.11. The molecule has 0 amide bonds. The van der Waals surface area contributed by atoms with Gasteiger partial charge in [0.1, 0.15) is 0 Å². The van der Waals surface area contributed by atoms with Gasteiger partial charge >= 0.3 is 0 Å². The minimum absolute atomic E-state index is 0.140. The van der Waals surface area contributed by atoms with Gasteiger partial charge in [-0.2, -0.15) is 5.10 Å². The van der Waals surface area contributed by atoms with Crippen molar-refractivity contribution < 1.29 is 9.47 Å². The third kappa shape index (κ3) is 3.06. The van der Waals surface area contributed by atoms with E-state index in [9.17, 15) is 0 Å². The van der Waals surface area contributed by atoms with Crippen molar-refractivity contribution in [2.75, 3.05) is 14.2 Å². The number of nitrogens with two attached hydrogens (primary N) is 1. The van der Waals surface area contributed by atoms with Crippen molar-refractivity contribution in [3.05, 3.63) is 41.7 Å². The molecular weight excluding hydrogens is 242 g/mol. The van der Waals surface area contributed by atoms with Gasteiger partial charge < -0.3 is 15.2 Å². The van der Waals surface area contributed by atoms with E-state index in [1.54, 1.807) is 14.2 Å². The molecule has 0 aliphatic carbocycles. The van der Waals surface area contributed by atoms with E-state index in [0.717, 1.165) is 11.3 Å². The molecule has 1 aromatic carbocycles. The van der Waals surface area contributed by atoms with Gasteiger partial charge in [-0.1, -0.05) is 6.07 Å². The number of hydrogen-bond donors (Lipinski definition) is 1. The summed E-state index contributed by atoms with van der Waals surface area (Å²) in [6, 6.07) is 7.53. The van der Waals surface area contributed by atoms with Gasteiger partial charge in [-0.15, -0.1) is 0 Å². The Morgan fingerprint density at radius 3 is 2.53 bits per heavy atom. The largest absolute Gasteiger partial charge is 0.493 e. The fourth-order valence-electron chi connectivity index (χ4n) is 1.96. The smallest absolute Gasteiger partial charge is 0.161 e. The first kappa shape index (κ1) is 13.4. The zero-order valence-corrected chi connectivity index (χ0v) is 11.5. The number of aromatic nitrogens is 2. The van der Waals surface area contributed by atoms with E-state index in [0.29, 0.717) is 18.0 Å². The molecule has 0 bridgehead atoms. The molecular formula is C14H19N3O2. The lowest BCUT2D eigenvalue weighted by Crippen LogP contribution is -2.18. The van der Waals surface area contributed by atoms with Crippen LogP contribution >= 0.6 is 0 Å². The van der Waals surface area contributed by atoms with E-state index >= 15 is 0 Å². The van der Waals surface area contributed by atoms with Gasteiger partial charge in [-0.25, -0.2) is 0 Å². The lowest BCUT2D eigenvalue weighted by atomic mass is 10.1. The van der Waals surface area contributed by atoms with Crippen LogP contribution in [0.4, 0.5) is 0 Å². The highest BCUT2D eigenvalue weighted by molar-refractivity contribution is 5.43. The highest BCUT2D eigenvalue weighted by atomic mass is 16.5. The van der Waals surface area contributed by atoms with Crippen molar-refractivity contribution in [3.63, 3.8) is 0 Å². The number of hydrogen-bond acceptors (Lipinski definition) is 4. The van der Waals surface area contributed by atoms with Crippen molar-refractivity contribution >= 4 is 0 Å². The van der Waals surface area contributed by atoms with Gasteiger partial charge in [0.05, 0.1) is 26.5 Å². The van der Waals surface area contributed by atoms with Gasteiger partial charge in [0, 0.05) is 12.2 Å². The van der Waals surface area contributed by atoms with Crippen molar-refractivity contribution in [1.29, 1.82) is 0 Å². The zero-order chi connectivity index (χ0) is 13.8. The molecule has 19 heavy (non-hydrogen) atoms. The van der Waals surface area contributed by atoms with Crippen LogP contribution in [0.15, 0.2) is 30.5 Å². The number of ether oxygens (including phenoxy) is 2. The van der Waals surface area contributed by atoms with Crippen LogP contribution < -0.4 is 15.2 Å². The average molecular weight is 261 g/mol. The molecule has 2 rings (SSSR count). The van der Waals surface area contributed by atoms with Gasteiger partial charge in [0.2, 0.25) is 0 Å². The van der Waals surface area contributed by atoms with Gasteiger partial charge in [0.15, 0.2) is 11.5 Å². The Morgan fingerprint density at radius 2 is 1.95 bits per heavy atom. The fourth-order valence-corrected chi connectivity index (χ4v) is 1.96. The maximum Gasteiger partial charge on any atom is 0.161 e. The highest BCUT2D eigenvalue weighted by Crippen LogP contribution is 2.29. The molecule has 0 saturated carbocycles. The summed E-state index contributed by atoms with van der Waals surface area (Å²) in [6.45, 7) is 2.59. The number of aryl methyl sites for hydroxylation is 1. The first-order chi connectivity index (χ1) is 9.13. The summed E-state index contributed by atoms with van der Waals surface area (Å²) in [5.41, 5.74) is 8.17. The summed E-state index contributed by atoms with van der Waals surface area (Å²) < 4.78 is 12.3. The Bertz CT molecular complexity index is 551. The molecule has 5 nitrogen and oxygen atoms in total. The van der Waals surface area contributed by atoms with Crippen LogP contribution in [-0.2, 0) is 6.54 Å². The topological polar surface area (TPSA) is 62.3 Å². The maximum atomic E-state index is 6.19. The minimum Gasteiger partial charge on any atom is -0.493 e. The van der Waals surface area contributed by atoms with Gasteiger partial charge in [0.25, 0.3) is 0 Å². The summed E-state index contributed by atoms with van der Waals surface area (Å²) in [4.78, 5) is 0. The second kappa shape index (κ2) is 5.75. The summed E-state index contributed by atoms with van der Waals surface area (Å²) in [6.07, 6.45) is 1.93. The van der Waals surface area contributed by atoms with Crippen molar-refractivity contribution in [2.24, 2.45) is 5.73 Å². The zero-order valence-electron chi connectivity index (χ0n) is 11.5. The van der Waals surface area contributed by atoms with E-state index in [2.05, 4.69) is 5.10 Å². The van der Waals surface area contributed by atoms with Crippen molar-refractivity contribution in [3.8, 4) is 11.5 Å². The molecule has 102 valence electrons. The van der Waals surface area contributed by atoms with E-state index in [4.69, 9.17) is 15.2 Å². The van der Waals surface area contributed by atoms with Crippen LogP contribution in [0.3, 0.4) is 0 Å². The lowest BCUT2D eigenvalue weighted by molar-refractivity contribution is 0.354. The Balaban J connectivity index is 2.16. The molecule has 0 saturated heterocycles. The van der Waals surface area contributed by atoms with E-state index in [-0.39, 0.29) is 6.04 Å². The van der Waals surface area contributed by atoms with E-state index < -0.39 is 0 Å². The standard InChI is InChI=1S/C14H19N3O2/c1-10-6-7-17(16-10)9-12(15)11-4-5-13(18-2)14(8-11)19-3/h4-8,12H,9,15H2,1-3H3. The molecule has 0 aliphatic heterocycles. The summed E-state index contributed by atoms with van der Waals surface area (Å²) >= 11 is 0. The van der Waals surface area contributed by atoms with Crippen LogP contribution in [0.25, 0.3) is 0 Å². The Hall–Kier alpha value is -2.01. The van der Waals surface area contributed by atoms with E-state index in [1.807, 2.05) is 42.1 Å². The van der Waals surface area contributed by atoms with Crippen molar-refractivity contribution in [1.82, 2.24) is 9.78 Å². The van der Waals surface area contributed by atoms with Crippen LogP contribution in [0.5, 0.6) is 11.5 Å². The highest BCUT2D eigenvalue weighted by Gasteiger charge is 2.11. The van der Waals surface area contributed by atoms with Crippen LogP contribution in [0.2, 0.25) is 0 Å². The minimum atomic E-state index is -0.140. The molecule has 2 N–H and O–H groups in total. The lowest BCUT2D eigenvalue weighted by Gasteiger charge is -2.15. The molecule has 0 spiro atoms. The predicted molar refractivity (Wildman–Crippen MR) is 73.4 cm³/mol. The molecule has 1 unspecified atom stereocenters. The Morgan fingerprint density at radius 1 is 1.21 bits per heavy atom. The van der Waals surface area contributed by atoms with Gasteiger partial charge in [-0.05, 0) is 30.7 Å². The average Bonchev–Trinajstić information content (AvgIpc) is 2.83. The number of nitrogens with zero attached hydrogens (tertiary/aromatic N) is 2. The molecule has 0 aliphatic rings. The molecule has 0 fully saturated rings. The van der Waals surface area contributed by atoms with Crippen LogP contribution in [-0.4, -0.2) is 24.0 Å². The van der Waals surface area contributed by atoms with Crippen LogP contribution in [0.1, 0.15) is 17.3 Å².